The Bertz CT molecular complexity index is 521. The summed E-state index contributed by atoms with van der Waals surface area (Å²) in [4.78, 5) is 4.38. The number of fused-ring (bicyclic) bond motifs is 1. The Hall–Kier alpha value is -1.39. The second-order valence-electron chi connectivity index (χ2n) is 4.78. The van der Waals surface area contributed by atoms with Crippen molar-refractivity contribution in [1.29, 1.82) is 0 Å². The van der Waals surface area contributed by atoms with Crippen molar-refractivity contribution in [3.05, 3.63) is 29.7 Å². The highest BCUT2D eigenvalue weighted by Gasteiger charge is 2.17. The smallest absolute Gasteiger partial charge is 0.192 e. The van der Waals surface area contributed by atoms with Gasteiger partial charge < -0.3 is 15.5 Å². The quantitative estimate of drug-likeness (QED) is 0.851. The molecule has 1 aromatic carbocycles. The van der Waals surface area contributed by atoms with E-state index in [9.17, 15) is 0 Å². The lowest BCUT2D eigenvalue weighted by Crippen LogP contribution is -2.25. The largest absolute Gasteiger partial charge is 0.441 e. The van der Waals surface area contributed by atoms with Crippen LogP contribution in [0.2, 0.25) is 0 Å². The van der Waals surface area contributed by atoms with E-state index in [-0.39, 0.29) is 0 Å². The van der Waals surface area contributed by atoms with Crippen molar-refractivity contribution in [3.63, 3.8) is 0 Å². The maximum atomic E-state index is 5.64. The molecular weight excluding hydrogens is 226 g/mol. The van der Waals surface area contributed by atoms with E-state index in [0.717, 1.165) is 17.5 Å². The number of oxazole rings is 1. The lowest BCUT2D eigenvalue weighted by Gasteiger charge is -2.23. The van der Waals surface area contributed by atoms with Gasteiger partial charge in [-0.15, -0.1) is 0 Å². The number of nitrogens with one attached hydrogen (secondary N) is 1. The van der Waals surface area contributed by atoms with E-state index in [4.69, 9.17) is 10.2 Å². The molecule has 0 bridgehead atoms. The number of benzene rings is 1. The van der Waals surface area contributed by atoms with Gasteiger partial charge in [-0.3, -0.25) is 0 Å². The fraction of sp³-hybridized carbons (Fsp3) is 0.500. The van der Waals surface area contributed by atoms with Crippen LogP contribution in [0, 0.1) is 12.8 Å². The van der Waals surface area contributed by atoms with Gasteiger partial charge in [-0.05, 0) is 43.6 Å². The molecular formula is C14H21N3O. The number of nitrogens with two attached hydrogens (primary N) is 1. The molecule has 0 saturated carbocycles. The van der Waals surface area contributed by atoms with Crippen LogP contribution in [0.1, 0.15) is 30.8 Å². The van der Waals surface area contributed by atoms with Gasteiger partial charge in [0.2, 0.25) is 0 Å². The van der Waals surface area contributed by atoms with Gasteiger partial charge in [-0.25, -0.2) is 4.98 Å². The number of aryl methyl sites for hydroxylation is 1. The summed E-state index contributed by atoms with van der Waals surface area (Å²) in [5.74, 6) is 1.20. The highest BCUT2D eigenvalue weighted by molar-refractivity contribution is 5.73. The summed E-state index contributed by atoms with van der Waals surface area (Å²) >= 11 is 0. The van der Waals surface area contributed by atoms with Gasteiger partial charge in [-0.2, -0.15) is 0 Å². The minimum Gasteiger partial charge on any atom is -0.441 e. The van der Waals surface area contributed by atoms with Crippen LogP contribution < -0.4 is 11.1 Å². The van der Waals surface area contributed by atoms with Gasteiger partial charge in [0, 0.05) is 13.0 Å². The zero-order chi connectivity index (χ0) is 13.1. The van der Waals surface area contributed by atoms with Crippen LogP contribution in [-0.2, 0) is 0 Å². The van der Waals surface area contributed by atoms with E-state index in [0.29, 0.717) is 24.4 Å². The highest BCUT2D eigenvalue weighted by Crippen LogP contribution is 2.27. The standard InChI is InChI=1S/C14H21N3O/c1-9(6-7-15)14(16-3)11-4-5-13-12(8-11)17-10(2)18-13/h4-5,8-9,14,16H,6-7,15H2,1-3H3. The third-order valence-corrected chi connectivity index (χ3v) is 3.38. The Morgan fingerprint density at radius 2 is 2.22 bits per heavy atom. The Balaban J connectivity index is 2.32. The summed E-state index contributed by atoms with van der Waals surface area (Å²) < 4.78 is 5.49. The molecule has 0 aliphatic rings. The van der Waals surface area contributed by atoms with Crippen LogP contribution in [-0.4, -0.2) is 18.6 Å². The van der Waals surface area contributed by atoms with E-state index in [2.05, 4.69) is 29.4 Å². The maximum absolute atomic E-state index is 5.64. The number of nitrogens with zero attached hydrogens (tertiary/aromatic N) is 1. The third kappa shape index (κ3) is 2.54. The van der Waals surface area contributed by atoms with Crippen LogP contribution in [0.25, 0.3) is 11.1 Å². The molecule has 3 N–H and O–H groups in total. The van der Waals surface area contributed by atoms with Crippen molar-refractivity contribution in [1.82, 2.24) is 10.3 Å². The second-order valence-corrected chi connectivity index (χ2v) is 4.78. The first-order chi connectivity index (χ1) is 8.65. The molecule has 2 aromatic rings. The number of hydrogen-bond donors (Lipinski definition) is 2. The summed E-state index contributed by atoms with van der Waals surface area (Å²) in [7, 11) is 1.98. The molecule has 1 aromatic heterocycles. The lowest BCUT2D eigenvalue weighted by molar-refractivity contribution is 0.392. The normalized spacial score (nSPS) is 14.9. The average Bonchev–Trinajstić information content (AvgIpc) is 2.69. The van der Waals surface area contributed by atoms with Crippen molar-refractivity contribution >= 4 is 11.1 Å². The first-order valence-corrected chi connectivity index (χ1v) is 6.40. The van der Waals surface area contributed by atoms with Gasteiger partial charge in [0.1, 0.15) is 5.52 Å². The highest BCUT2D eigenvalue weighted by atomic mass is 16.3. The van der Waals surface area contributed by atoms with E-state index in [1.165, 1.54) is 5.56 Å². The summed E-state index contributed by atoms with van der Waals surface area (Å²) in [6.07, 6.45) is 1.00. The van der Waals surface area contributed by atoms with Crippen LogP contribution in [0.4, 0.5) is 0 Å². The molecule has 1 heterocycles. The van der Waals surface area contributed by atoms with Crippen LogP contribution >= 0.6 is 0 Å². The van der Waals surface area contributed by atoms with Crippen LogP contribution in [0.3, 0.4) is 0 Å². The molecule has 2 unspecified atom stereocenters. The minimum atomic E-state index is 0.301. The Labute approximate surface area is 108 Å². The van der Waals surface area contributed by atoms with E-state index in [1.54, 1.807) is 0 Å². The molecule has 0 aliphatic heterocycles. The molecule has 2 atom stereocenters. The zero-order valence-corrected chi connectivity index (χ0v) is 11.2. The van der Waals surface area contributed by atoms with E-state index in [1.807, 2.05) is 20.0 Å². The van der Waals surface area contributed by atoms with Crippen molar-refractivity contribution in [2.24, 2.45) is 11.7 Å². The topological polar surface area (TPSA) is 64.1 Å². The third-order valence-electron chi connectivity index (χ3n) is 3.38. The lowest BCUT2D eigenvalue weighted by atomic mass is 9.92. The molecule has 18 heavy (non-hydrogen) atoms. The predicted octanol–water partition coefficient (Wildman–Crippen LogP) is 2.38. The molecule has 0 spiro atoms. The van der Waals surface area contributed by atoms with Gasteiger partial charge in [-0.1, -0.05) is 13.0 Å². The Morgan fingerprint density at radius 1 is 1.44 bits per heavy atom. The molecule has 2 rings (SSSR count). The summed E-state index contributed by atoms with van der Waals surface area (Å²) in [6.45, 7) is 4.79. The van der Waals surface area contributed by atoms with Crippen LogP contribution in [0.5, 0.6) is 0 Å². The molecule has 0 saturated heterocycles. The minimum absolute atomic E-state index is 0.301. The average molecular weight is 247 g/mol. The number of rotatable bonds is 5. The molecule has 0 fully saturated rings. The monoisotopic (exact) mass is 247 g/mol. The molecule has 4 nitrogen and oxygen atoms in total. The first-order valence-electron chi connectivity index (χ1n) is 6.40. The van der Waals surface area contributed by atoms with Crippen molar-refractivity contribution in [2.75, 3.05) is 13.6 Å². The van der Waals surface area contributed by atoms with Gasteiger partial charge in [0.05, 0.1) is 0 Å². The van der Waals surface area contributed by atoms with Crippen molar-refractivity contribution < 1.29 is 4.42 Å². The summed E-state index contributed by atoms with van der Waals surface area (Å²) in [5, 5.41) is 3.36. The maximum Gasteiger partial charge on any atom is 0.192 e. The summed E-state index contributed by atoms with van der Waals surface area (Å²) in [6, 6.07) is 6.49. The van der Waals surface area contributed by atoms with Gasteiger partial charge >= 0.3 is 0 Å². The first kappa shape index (κ1) is 13.1. The molecule has 0 radical (unpaired) electrons. The number of aromatic nitrogens is 1. The Morgan fingerprint density at radius 3 is 2.89 bits per heavy atom. The molecule has 0 amide bonds. The number of hydrogen-bond acceptors (Lipinski definition) is 4. The van der Waals surface area contributed by atoms with Gasteiger partial charge in [0.25, 0.3) is 0 Å². The van der Waals surface area contributed by atoms with Crippen LogP contribution in [0.15, 0.2) is 22.6 Å². The molecule has 0 aliphatic carbocycles. The summed E-state index contributed by atoms with van der Waals surface area (Å²) in [5.41, 5.74) is 8.64. The Kier molecular flexibility index (Phi) is 3.99. The second kappa shape index (κ2) is 5.50. The SMILES string of the molecule is CNC(c1ccc2oc(C)nc2c1)C(C)CCN. The van der Waals surface area contributed by atoms with E-state index >= 15 is 0 Å². The fourth-order valence-electron chi connectivity index (χ4n) is 2.46. The molecule has 4 heteroatoms. The van der Waals surface area contributed by atoms with E-state index < -0.39 is 0 Å². The zero-order valence-electron chi connectivity index (χ0n) is 11.2. The van der Waals surface area contributed by atoms with Gasteiger partial charge in [0.15, 0.2) is 11.5 Å². The fourth-order valence-corrected chi connectivity index (χ4v) is 2.46. The van der Waals surface area contributed by atoms with Crippen molar-refractivity contribution in [3.8, 4) is 0 Å². The molecule has 98 valence electrons. The predicted molar refractivity (Wildman–Crippen MR) is 73.4 cm³/mol. The van der Waals surface area contributed by atoms with Crippen molar-refractivity contribution in [2.45, 2.75) is 26.3 Å².